The van der Waals surface area contributed by atoms with Gasteiger partial charge >= 0.3 is 0 Å². The van der Waals surface area contributed by atoms with E-state index in [4.69, 9.17) is 0 Å². The molecule has 0 aliphatic heterocycles. The predicted octanol–water partition coefficient (Wildman–Crippen LogP) is 2.39. The summed E-state index contributed by atoms with van der Waals surface area (Å²) in [7, 11) is -3.18. The number of carbonyl (C=O) groups is 1. The first-order valence-corrected chi connectivity index (χ1v) is 8.59. The van der Waals surface area contributed by atoms with Crippen molar-refractivity contribution in [2.75, 3.05) is 12.0 Å². The summed E-state index contributed by atoms with van der Waals surface area (Å²) in [4.78, 5) is 11.1. The average Bonchev–Trinajstić information content (AvgIpc) is 2.28. The van der Waals surface area contributed by atoms with E-state index in [0.717, 1.165) is 6.26 Å². The van der Waals surface area contributed by atoms with Gasteiger partial charge in [0.05, 0.1) is 5.75 Å². The van der Waals surface area contributed by atoms with Crippen LogP contribution in [0.5, 0.6) is 0 Å². The van der Waals surface area contributed by atoms with Gasteiger partial charge in [-0.2, -0.15) is 0 Å². The van der Waals surface area contributed by atoms with Crippen LogP contribution in [0.2, 0.25) is 0 Å². The first kappa shape index (κ1) is 20.6. The third-order valence-electron chi connectivity index (χ3n) is 2.16. The number of alkyl halides is 2. The van der Waals surface area contributed by atoms with Crippen molar-refractivity contribution >= 4 is 15.7 Å². The Hall–Kier alpha value is -0.720. The molecule has 4 nitrogen and oxygen atoms in total. The average molecular weight is 301 g/mol. The minimum absolute atomic E-state index is 0.166. The Balaban J connectivity index is 0. The third kappa shape index (κ3) is 10.9. The van der Waals surface area contributed by atoms with Crippen LogP contribution in [0.1, 0.15) is 47.0 Å². The standard InChI is InChI=1S/C8H13F2NO3S.2C2H6/c1-15(13,14)3-2-7(12)11-6-4-8(9,10)5-6;2*1-2/h6H,2-5H2,1H3,(H,11,12);2*1-2H3. The largest absolute Gasteiger partial charge is 0.353 e. The van der Waals surface area contributed by atoms with Gasteiger partial charge in [-0.05, 0) is 0 Å². The minimum Gasteiger partial charge on any atom is -0.353 e. The molecule has 0 saturated heterocycles. The number of carbonyl (C=O) groups excluding carboxylic acids is 1. The number of sulfone groups is 1. The zero-order valence-electron chi connectivity index (χ0n) is 12.3. The summed E-state index contributed by atoms with van der Waals surface area (Å²) in [5.41, 5.74) is 0. The first-order valence-electron chi connectivity index (χ1n) is 6.53. The number of hydrogen-bond acceptors (Lipinski definition) is 3. The normalized spacial score (nSPS) is 17.0. The first-order chi connectivity index (χ1) is 8.68. The van der Waals surface area contributed by atoms with Crippen LogP contribution in [0.4, 0.5) is 8.78 Å². The van der Waals surface area contributed by atoms with Crippen molar-refractivity contribution in [3.05, 3.63) is 0 Å². The fourth-order valence-electron chi connectivity index (χ4n) is 1.34. The lowest BCUT2D eigenvalue weighted by Gasteiger charge is -2.35. The molecule has 7 heteroatoms. The molecule has 0 aromatic heterocycles. The number of amides is 1. The van der Waals surface area contributed by atoms with Gasteiger partial charge in [-0.1, -0.05) is 27.7 Å². The zero-order valence-corrected chi connectivity index (χ0v) is 13.1. The molecule has 1 saturated carbocycles. The van der Waals surface area contributed by atoms with Gasteiger partial charge in [-0.25, -0.2) is 17.2 Å². The van der Waals surface area contributed by atoms with Crippen LogP contribution >= 0.6 is 0 Å². The Bertz CT molecular complexity index is 348. The highest BCUT2D eigenvalue weighted by molar-refractivity contribution is 7.90. The second-order valence-electron chi connectivity index (χ2n) is 3.91. The van der Waals surface area contributed by atoms with E-state index in [2.05, 4.69) is 5.32 Å². The van der Waals surface area contributed by atoms with E-state index in [1.165, 1.54) is 0 Å². The maximum atomic E-state index is 12.4. The highest BCUT2D eigenvalue weighted by Gasteiger charge is 2.45. The maximum Gasteiger partial charge on any atom is 0.252 e. The third-order valence-corrected chi connectivity index (χ3v) is 3.10. The van der Waals surface area contributed by atoms with Crippen LogP contribution in [-0.2, 0) is 14.6 Å². The van der Waals surface area contributed by atoms with Gasteiger partial charge in [0.25, 0.3) is 5.92 Å². The molecule has 1 amide bonds. The van der Waals surface area contributed by atoms with Crippen LogP contribution in [0.15, 0.2) is 0 Å². The second kappa shape index (κ2) is 9.23. The monoisotopic (exact) mass is 301 g/mol. The quantitative estimate of drug-likeness (QED) is 0.867. The van der Waals surface area contributed by atoms with E-state index < -0.39 is 27.7 Å². The van der Waals surface area contributed by atoms with Crippen molar-refractivity contribution in [2.24, 2.45) is 0 Å². The van der Waals surface area contributed by atoms with Gasteiger partial charge < -0.3 is 5.32 Å². The Morgan fingerprint density at radius 1 is 1.21 bits per heavy atom. The number of halogens is 2. The summed E-state index contributed by atoms with van der Waals surface area (Å²) in [6, 6.07) is -0.507. The van der Waals surface area contributed by atoms with E-state index in [9.17, 15) is 22.0 Å². The van der Waals surface area contributed by atoms with Gasteiger partial charge in [0.1, 0.15) is 9.84 Å². The Kier molecular flexibility index (Phi) is 10.0. The molecule has 1 aliphatic rings. The lowest BCUT2D eigenvalue weighted by Crippen LogP contribution is -2.50. The van der Waals surface area contributed by atoms with Crippen LogP contribution in [0.25, 0.3) is 0 Å². The number of nitrogens with one attached hydrogen (secondary N) is 1. The summed E-state index contributed by atoms with van der Waals surface area (Å²) in [6.07, 6.45) is 0.161. The molecule has 0 spiro atoms. The topological polar surface area (TPSA) is 63.2 Å². The molecular formula is C12H25F2NO3S. The van der Waals surface area contributed by atoms with E-state index in [-0.39, 0.29) is 25.0 Å². The fourth-order valence-corrected chi connectivity index (χ4v) is 1.90. The fraction of sp³-hybridized carbons (Fsp3) is 0.917. The van der Waals surface area contributed by atoms with Crippen LogP contribution in [0, 0.1) is 0 Å². The smallest absolute Gasteiger partial charge is 0.252 e. The molecule has 19 heavy (non-hydrogen) atoms. The van der Waals surface area contributed by atoms with Gasteiger partial charge in [-0.3, -0.25) is 4.79 Å². The molecular weight excluding hydrogens is 276 g/mol. The highest BCUT2D eigenvalue weighted by atomic mass is 32.2. The molecule has 1 rings (SSSR count). The molecule has 0 heterocycles. The molecule has 0 aromatic carbocycles. The van der Waals surface area contributed by atoms with Crippen LogP contribution in [-0.4, -0.2) is 38.3 Å². The summed E-state index contributed by atoms with van der Waals surface area (Å²) in [6.45, 7) is 8.00. The van der Waals surface area contributed by atoms with Crippen LogP contribution in [0.3, 0.4) is 0 Å². The van der Waals surface area contributed by atoms with E-state index >= 15 is 0 Å². The van der Waals surface area contributed by atoms with Crippen molar-refractivity contribution in [2.45, 2.75) is 58.9 Å². The maximum absolute atomic E-state index is 12.4. The Morgan fingerprint density at radius 3 is 1.95 bits per heavy atom. The molecule has 1 fully saturated rings. The molecule has 0 radical (unpaired) electrons. The molecule has 0 unspecified atom stereocenters. The highest BCUT2D eigenvalue weighted by Crippen LogP contribution is 2.37. The summed E-state index contributed by atoms with van der Waals surface area (Å²) in [5, 5.41) is 2.36. The molecule has 0 atom stereocenters. The van der Waals surface area contributed by atoms with Crippen molar-refractivity contribution < 1.29 is 22.0 Å². The lowest BCUT2D eigenvalue weighted by molar-refractivity contribution is -0.128. The van der Waals surface area contributed by atoms with Crippen molar-refractivity contribution in [1.29, 1.82) is 0 Å². The summed E-state index contributed by atoms with van der Waals surface area (Å²) < 4.78 is 46.1. The van der Waals surface area contributed by atoms with Gasteiger partial charge in [-0.15, -0.1) is 0 Å². The molecule has 0 bridgehead atoms. The van der Waals surface area contributed by atoms with Gasteiger partial charge in [0.15, 0.2) is 0 Å². The molecule has 1 N–H and O–H groups in total. The van der Waals surface area contributed by atoms with E-state index in [1.807, 2.05) is 27.7 Å². The van der Waals surface area contributed by atoms with Gasteiger partial charge in [0, 0.05) is 31.6 Å². The van der Waals surface area contributed by atoms with Crippen molar-refractivity contribution in [3.8, 4) is 0 Å². The van der Waals surface area contributed by atoms with Crippen LogP contribution < -0.4 is 5.32 Å². The Labute approximate surface area is 114 Å². The molecule has 116 valence electrons. The minimum atomic E-state index is -3.18. The molecule has 1 aliphatic carbocycles. The lowest BCUT2D eigenvalue weighted by atomic mass is 9.88. The van der Waals surface area contributed by atoms with E-state index in [0.29, 0.717) is 0 Å². The van der Waals surface area contributed by atoms with Crippen molar-refractivity contribution in [3.63, 3.8) is 0 Å². The molecule has 0 aromatic rings. The summed E-state index contributed by atoms with van der Waals surface area (Å²) in [5.74, 6) is -3.41. The van der Waals surface area contributed by atoms with E-state index in [1.54, 1.807) is 0 Å². The summed E-state index contributed by atoms with van der Waals surface area (Å²) >= 11 is 0. The number of hydrogen-bond donors (Lipinski definition) is 1. The number of rotatable bonds is 4. The SMILES string of the molecule is CC.CC.CS(=O)(=O)CCC(=O)NC1CC(F)(F)C1. The zero-order chi connectivity index (χ0) is 15.7. The second-order valence-corrected chi connectivity index (χ2v) is 6.17. The van der Waals surface area contributed by atoms with Gasteiger partial charge in [0.2, 0.25) is 5.91 Å². The predicted molar refractivity (Wildman–Crippen MR) is 73.1 cm³/mol. The van der Waals surface area contributed by atoms with Crippen molar-refractivity contribution in [1.82, 2.24) is 5.32 Å². The Morgan fingerprint density at radius 2 is 1.63 bits per heavy atom.